The summed E-state index contributed by atoms with van der Waals surface area (Å²) >= 11 is 0. The number of hydrogen-bond acceptors (Lipinski definition) is 3. The highest BCUT2D eigenvalue weighted by Gasteiger charge is 2.14. The third-order valence-corrected chi connectivity index (χ3v) is 4.67. The smallest absolute Gasteiger partial charge is 0.251 e. The van der Waals surface area contributed by atoms with E-state index in [0.717, 1.165) is 16.7 Å². The van der Waals surface area contributed by atoms with Crippen molar-refractivity contribution in [2.45, 2.75) is 26.8 Å². The number of hydrogen-bond donors (Lipinski definition) is 1. The summed E-state index contributed by atoms with van der Waals surface area (Å²) < 4.78 is 11.3. The second-order valence-corrected chi connectivity index (χ2v) is 6.71. The number of rotatable bonds is 8. The monoisotopic (exact) mass is 389 g/mol. The van der Waals surface area contributed by atoms with Crippen molar-refractivity contribution >= 4 is 5.91 Å². The van der Waals surface area contributed by atoms with Crippen molar-refractivity contribution in [1.82, 2.24) is 5.32 Å². The van der Waals surface area contributed by atoms with Crippen molar-refractivity contribution in [2.24, 2.45) is 0 Å². The molecule has 0 aliphatic heterocycles. The number of carbonyl (C=O) groups excluding carboxylic acids is 1. The molecule has 1 amide bonds. The molecule has 3 aromatic carbocycles. The van der Waals surface area contributed by atoms with E-state index in [-0.39, 0.29) is 11.9 Å². The largest absolute Gasteiger partial charge is 0.490 e. The molecule has 0 unspecified atom stereocenters. The molecule has 4 heteroatoms. The van der Waals surface area contributed by atoms with Crippen molar-refractivity contribution in [3.05, 3.63) is 83.9 Å². The summed E-state index contributed by atoms with van der Waals surface area (Å²) in [6.07, 6.45) is 0. The van der Waals surface area contributed by atoms with Crippen LogP contribution in [0.1, 0.15) is 42.7 Å². The van der Waals surface area contributed by atoms with Gasteiger partial charge in [-0.2, -0.15) is 0 Å². The molecule has 1 N–H and O–H groups in total. The maximum Gasteiger partial charge on any atom is 0.251 e. The molecule has 3 aromatic rings. The fourth-order valence-electron chi connectivity index (χ4n) is 3.15. The molecule has 150 valence electrons. The van der Waals surface area contributed by atoms with Crippen LogP contribution in [0.4, 0.5) is 0 Å². The Bertz CT molecular complexity index is 936. The molecule has 0 saturated heterocycles. The second-order valence-electron chi connectivity index (χ2n) is 6.71. The van der Waals surface area contributed by atoms with Gasteiger partial charge in [0.2, 0.25) is 0 Å². The summed E-state index contributed by atoms with van der Waals surface area (Å²) in [6.45, 7) is 6.96. The van der Waals surface area contributed by atoms with Crippen molar-refractivity contribution < 1.29 is 14.3 Å². The number of benzene rings is 3. The standard InChI is InChI=1S/C25H27NO3/c1-4-28-23-16-15-22(17-24(23)29-5-2)18(3)26-25(27)21-13-11-20(12-14-21)19-9-7-6-8-10-19/h6-18H,4-5H2,1-3H3,(H,26,27)/t18-/m0/s1. The van der Waals surface area contributed by atoms with Gasteiger partial charge in [-0.25, -0.2) is 0 Å². The van der Waals surface area contributed by atoms with E-state index in [4.69, 9.17) is 9.47 Å². The van der Waals surface area contributed by atoms with Crippen LogP contribution < -0.4 is 14.8 Å². The van der Waals surface area contributed by atoms with E-state index in [2.05, 4.69) is 17.4 Å². The molecular weight excluding hydrogens is 362 g/mol. The van der Waals surface area contributed by atoms with Gasteiger partial charge in [0.15, 0.2) is 11.5 Å². The van der Waals surface area contributed by atoms with Gasteiger partial charge >= 0.3 is 0 Å². The Morgan fingerprint density at radius 2 is 1.45 bits per heavy atom. The van der Waals surface area contributed by atoms with Gasteiger partial charge in [-0.15, -0.1) is 0 Å². The minimum atomic E-state index is -0.161. The van der Waals surface area contributed by atoms with Crippen LogP contribution in [0.5, 0.6) is 11.5 Å². The third kappa shape index (κ3) is 5.17. The number of carbonyl (C=O) groups is 1. The van der Waals surface area contributed by atoms with Crippen LogP contribution in [0.2, 0.25) is 0 Å². The van der Waals surface area contributed by atoms with Gasteiger partial charge in [-0.3, -0.25) is 4.79 Å². The number of amides is 1. The first kappa shape index (κ1) is 20.5. The zero-order valence-electron chi connectivity index (χ0n) is 17.1. The van der Waals surface area contributed by atoms with Crippen molar-refractivity contribution in [2.75, 3.05) is 13.2 Å². The first-order valence-electron chi connectivity index (χ1n) is 9.98. The van der Waals surface area contributed by atoms with Crippen LogP contribution in [0.15, 0.2) is 72.8 Å². The Labute approximate surface area is 172 Å². The topological polar surface area (TPSA) is 47.6 Å². The summed E-state index contributed by atoms with van der Waals surface area (Å²) in [5, 5.41) is 3.06. The van der Waals surface area contributed by atoms with Crippen molar-refractivity contribution in [1.29, 1.82) is 0 Å². The third-order valence-electron chi connectivity index (χ3n) is 4.67. The normalized spacial score (nSPS) is 11.6. The molecule has 1 atom stereocenters. The molecular formula is C25H27NO3. The SMILES string of the molecule is CCOc1ccc([C@H](C)NC(=O)c2ccc(-c3ccccc3)cc2)cc1OCC. The molecule has 0 heterocycles. The number of nitrogens with one attached hydrogen (secondary N) is 1. The van der Waals surface area contributed by atoms with Crippen LogP contribution in [-0.2, 0) is 0 Å². The number of ether oxygens (including phenoxy) is 2. The van der Waals surface area contributed by atoms with E-state index < -0.39 is 0 Å². The highest BCUT2D eigenvalue weighted by atomic mass is 16.5. The highest BCUT2D eigenvalue weighted by molar-refractivity contribution is 5.95. The van der Waals surface area contributed by atoms with E-state index in [1.807, 2.05) is 81.4 Å². The first-order valence-corrected chi connectivity index (χ1v) is 9.98. The summed E-state index contributed by atoms with van der Waals surface area (Å²) in [5.74, 6) is 1.30. The van der Waals surface area contributed by atoms with Crippen LogP contribution in [0.3, 0.4) is 0 Å². The Hall–Kier alpha value is -3.27. The summed E-state index contributed by atoms with van der Waals surface area (Å²) in [6, 6.07) is 23.4. The summed E-state index contributed by atoms with van der Waals surface area (Å²) in [7, 11) is 0. The van der Waals surface area contributed by atoms with Crippen LogP contribution >= 0.6 is 0 Å². The van der Waals surface area contributed by atoms with Crippen molar-refractivity contribution in [3.8, 4) is 22.6 Å². The van der Waals surface area contributed by atoms with Gasteiger partial charge in [0.1, 0.15) is 0 Å². The fraction of sp³-hybridized carbons (Fsp3) is 0.240. The van der Waals surface area contributed by atoms with Gasteiger partial charge in [0.05, 0.1) is 19.3 Å². The lowest BCUT2D eigenvalue weighted by Crippen LogP contribution is -2.26. The minimum Gasteiger partial charge on any atom is -0.490 e. The maximum atomic E-state index is 12.7. The zero-order valence-corrected chi connectivity index (χ0v) is 17.1. The van der Waals surface area contributed by atoms with E-state index in [1.165, 1.54) is 0 Å². The summed E-state index contributed by atoms with van der Waals surface area (Å²) in [5.41, 5.74) is 3.81. The van der Waals surface area contributed by atoms with Gasteiger partial charge in [0.25, 0.3) is 5.91 Å². The quantitative estimate of drug-likeness (QED) is 0.542. The Morgan fingerprint density at radius 1 is 0.828 bits per heavy atom. The molecule has 0 aliphatic carbocycles. The highest BCUT2D eigenvalue weighted by Crippen LogP contribution is 2.31. The predicted molar refractivity (Wildman–Crippen MR) is 117 cm³/mol. The van der Waals surface area contributed by atoms with Gasteiger partial charge in [0, 0.05) is 5.56 Å². The van der Waals surface area contributed by atoms with E-state index in [9.17, 15) is 4.79 Å². The Morgan fingerprint density at radius 3 is 2.10 bits per heavy atom. The van der Waals surface area contributed by atoms with E-state index >= 15 is 0 Å². The average molecular weight is 389 g/mol. The average Bonchev–Trinajstić information content (AvgIpc) is 2.76. The predicted octanol–water partition coefficient (Wildman–Crippen LogP) is 5.64. The van der Waals surface area contributed by atoms with Gasteiger partial charge in [-0.05, 0) is 61.7 Å². The molecule has 0 bridgehead atoms. The lowest BCUT2D eigenvalue weighted by atomic mass is 10.0. The molecule has 0 aliphatic rings. The first-order chi connectivity index (χ1) is 14.1. The molecule has 3 rings (SSSR count). The fourth-order valence-corrected chi connectivity index (χ4v) is 3.15. The lowest BCUT2D eigenvalue weighted by Gasteiger charge is -2.17. The molecule has 4 nitrogen and oxygen atoms in total. The molecule has 0 aromatic heterocycles. The Kier molecular flexibility index (Phi) is 6.90. The molecule has 29 heavy (non-hydrogen) atoms. The van der Waals surface area contributed by atoms with Crippen molar-refractivity contribution in [3.63, 3.8) is 0 Å². The van der Waals surface area contributed by atoms with Gasteiger partial charge < -0.3 is 14.8 Å². The van der Waals surface area contributed by atoms with E-state index in [0.29, 0.717) is 30.3 Å². The second kappa shape index (κ2) is 9.78. The van der Waals surface area contributed by atoms with Crippen LogP contribution in [0, 0.1) is 0 Å². The molecule has 0 spiro atoms. The maximum absolute atomic E-state index is 12.7. The lowest BCUT2D eigenvalue weighted by molar-refractivity contribution is 0.0940. The molecule has 0 saturated carbocycles. The Balaban J connectivity index is 1.71. The summed E-state index contributed by atoms with van der Waals surface area (Å²) in [4.78, 5) is 12.7. The zero-order chi connectivity index (χ0) is 20.6. The molecule has 0 fully saturated rings. The van der Waals surface area contributed by atoms with Gasteiger partial charge in [-0.1, -0.05) is 48.5 Å². The van der Waals surface area contributed by atoms with Crippen LogP contribution in [-0.4, -0.2) is 19.1 Å². The van der Waals surface area contributed by atoms with Crippen LogP contribution in [0.25, 0.3) is 11.1 Å². The molecule has 0 radical (unpaired) electrons. The van der Waals surface area contributed by atoms with E-state index in [1.54, 1.807) is 0 Å². The minimum absolute atomic E-state index is 0.107.